The predicted octanol–water partition coefficient (Wildman–Crippen LogP) is 5.43. The van der Waals surface area contributed by atoms with Crippen molar-refractivity contribution in [1.29, 1.82) is 0 Å². The summed E-state index contributed by atoms with van der Waals surface area (Å²) in [5.41, 5.74) is 1.99. The molecular weight excluding hydrogens is 434 g/mol. The highest BCUT2D eigenvalue weighted by Crippen LogP contribution is 2.38. The lowest BCUT2D eigenvalue weighted by atomic mass is 10.1. The Kier molecular flexibility index (Phi) is 7.75. The molecule has 7 heteroatoms. The van der Waals surface area contributed by atoms with E-state index in [0.29, 0.717) is 34.3 Å². The Labute approximate surface area is 196 Å². The van der Waals surface area contributed by atoms with Crippen molar-refractivity contribution in [2.75, 3.05) is 4.90 Å². The smallest absolute Gasteiger partial charge is 0.335 e. The normalized spacial score (nSPS) is 9.88. The molecule has 0 heterocycles. The first-order valence-corrected chi connectivity index (χ1v) is 10.1. The van der Waals surface area contributed by atoms with Gasteiger partial charge < -0.3 is 19.1 Å². The molecule has 0 aromatic heterocycles. The molecule has 0 amide bonds. The second-order valence-electron chi connectivity index (χ2n) is 6.70. The minimum atomic E-state index is -0.588. The fourth-order valence-corrected chi connectivity index (χ4v) is 2.96. The second kappa shape index (κ2) is 11.1. The van der Waals surface area contributed by atoms with Gasteiger partial charge in [-0.3, -0.25) is 0 Å². The Balaban J connectivity index is 2.06. The summed E-state index contributed by atoms with van der Waals surface area (Å²) in [6.07, 6.45) is 3.22. The number of anilines is 3. The largest absolute Gasteiger partial charge is 0.423 e. The number of esters is 3. The molecule has 0 aliphatic heterocycles. The summed E-state index contributed by atoms with van der Waals surface area (Å²) in [6.45, 7) is 10.2. The maximum Gasteiger partial charge on any atom is 0.335 e. The van der Waals surface area contributed by atoms with E-state index in [2.05, 4.69) is 19.7 Å². The fraction of sp³-hybridized carbons (Fsp3) is 0. The van der Waals surface area contributed by atoms with Crippen LogP contribution in [-0.4, -0.2) is 17.9 Å². The highest BCUT2D eigenvalue weighted by atomic mass is 16.5. The summed E-state index contributed by atoms with van der Waals surface area (Å²) in [5, 5.41) is 0. The number of ether oxygens (including phenoxy) is 3. The van der Waals surface area contributed by atoms with E-state index >= 15 is 0 Å². The predicted molar refractivity (Wildman–Crippen MR) is 129 cm³/mol. The van der Waals surface area contributed by atoms with Crippen molar-refractivity contribution in [3.8, 4) is 17.2 Å². The third-order valence-electron chi connectivity index (χ3n) is 4.40. The minimum Gasteiger partial charge on any atom is -0.423 e. The van der Waals surface area contributed by atoms with Gasteiger partial charge in [-0.1, -0.05) is 31.9 Å². The molecule has 0 radical (unpaired) electrons. The zero-order chi connectivity index (χ0) is 24.5. The van der Waals surface area contributed by atoms with E-state index < -0.39 is 17.9 Å². The summed E-state index contributed by atoms with van der Waals surface area (Å²) < 4.78 is 15.7. The summed E-state index contributed by atoms with van der Waals surface area (Å²) >= 11 is 0. The van der Waals surface area contributed by atoms with Gasteiger partial charge in [-0.15, -0.1) is 0 Å². The Morgan fingerprint density at radius 1 is 0.559 bits per heavy atom. The minimum absolute atomic E-state index is 0.318. The van der Waals surface area contributed by atoms with E-state index in [1.807, 2.05) is 17.0 Å². The number of rotatable bonds is 9. The van der Waals surface area contributed by atoms with Crippen LogP contribution in [0.4, 0.5) is 17.1 Å². The molecule has 3 aromatic rings. The number of benzene rings is 3. The van der Waals surface area contributed by atoms with Crippen molar-refractivity contribution < 1.29 is 28.6 Å². The third kappa shape index (κ3) is 6.08. The van der Waals surface area contributed by atoms with Gasteiger partial charge in [0.05, 0.1) is 0 Å². The van der Waals surface area contributed by atoms with Gasteiger partial charge in [0.1, 0.15) is 17.2 Å². The molecule has 0 unspecified atom stereocenters. The van der Waals surface area contributed by atoms with Crippen LogP contribution in [0.15, 0.2) is 111 Å². The molecule has 0 saturated carbocycles. The van der Waals surface area contributed by atoms with Crippen LogP contribution in [0.25, 0.3) is 0 Å². The first-order valence-electron chi connectivity index (χ1n) is 10.1. The maximum absolute atomic E-state index is 11.7. The van der Waals surface area contributed by atoms with E-state index in [-0.39, 0.29) is 0 Å². The van der Waals surface area contributed by atoms with E-state index in [1.54, 1.807) is 60.7 Å². The van der Waals surface area contributed by atoms with Crippen molar-refractivity contribution in [3.63, 3.8) is 0 Å². The van der Waals surface area contributed by atoms with Gasteiger partial charge in [-0.2, -0.15) is 0 Å². The topological polar surface area (TPSA) is 82.1 Å². The SMILES string of the molecule is C=CC(=O)Oc1ccc(N(c2cccc(OC(=O)C=C)c2)c2cccc(OC(=O)C=C)c2)cc1. The van der Waals surface area contributed by atoms with Crippen molar-refractivity contribution in [2.45, 2.75) is 0 Å². The zero-order valence-electron chi connectivity index (χ0n) is 18.2. The Bertz CT molecular complexity index is 1180. The lowest BCUT2D eigenvalue weighted by molar-refractivity contribution is -0.129. The van der Waals surface area contributed by atoms with E-state index in [9.17, 15) is 14.4 Å². The zero-order valence-corrected chi connectivity index (χ0v) is 18.2. The number of hydrogen-bond donors (Lipinski definition) is 0. The Morgan fingerprint density at radius 3 is 1.38 bits per heavy atom. The van der Waals surface area contributed by atoms with Crippen LogP contribution in [0.1, 0.15) is 0 Å². The van der Waals surface area contributed by atoms with Crippen molar-refractivity contribution in [3.05, 3.63) is 111 Å². The van der Waals surface area contributed by atoms with Crippen LogP contribution in [-0.2, 0) is 14.4 Å². The summed E-state index contributed by atoms with van der Waals surface area (Å²) in [6, 6.07) is 20.5. The van der Waals surface area contributed by atoms with E-state index in [1.165, 1.54) is 0 Å². The number of carbonyl (C=O) groups is 3. The molecule has 0 aliphatic carbocycles. The molecule has 3 aromatic carbocycles. The maximum atomic E-state index is 11.7. The molecule has 0 atom stereocenters. The fourth-order valence-electron chi connectivity index (χ4n) is 2.96. The molecule has 7 nitrogen and oxygen atoms in total. The Morgan fingerprint density at radius 2 is 0.971 bits per heavy atom. The van der Waals surface area contributed by atoms with Crippen LogP contribution in [0.2, 0.25) is 0 Å². The first-order chi connectivity index (χ1) is 16.4. The van der Waals surface area contributed by atoms with Crippen LogP contribution < -0.4 is 19.1 Å². The molecule has 34 heavy (non-hydrogen) atoms. The molecule has 0 saturated heterocycles. The van der Waals surface area contributed by atoms with Gasteiger partial charge in [0.25, 0.3) is 0 Å². The number of carbonyl (C=O) groups excluding carboxylic acids is 3. The lowest BCUT2D eigenvalue weighted by Gasteiger charge is -2.26. The van der Waals surface area contributed by atoms with E-state index in [4.69, 9.17) is 14.2 Å². The summed E-state index contributed by atoms with van der Waals surface area (Å²) in [5.74, 6) is -0.767. The van der Waals surface area contributed by atoms with Crippen LogP contribution >= 0.6 is 0 Å². The first kappa shape index (κ1) is 23.7. The monoisotopic (exact) mass is 455 g/mol. The molecule has 3 rings (SSSR count). The quantitative estimate of drug-likeness (QED) is 0.242. The Hall–Kier alpha value is -4.91. The second-order valence-corrected chi connectivity index (χ2v) is 6.70. The van der Waals surface area contributed by atoms with Crippen molar-refractivity contribution >= 4 is 35.0 Å². The van der Waals surface area contributed by atoms with Crippen LogP contribution in [0.3, 0.4) is 0 Å². The highest BCUT2D eigenvalue weighted by Gasteiger charge is 2.16. The number of hydrogen-bond acceptors (Lipinski definition) is 7. The van der Waals surface area contributed by atoms with E-state index in [0.717, 1.165) is 18.2 Å². The average Bonchev–Trinajstić information content (AvgIpc) is 2.85. The third-order valence-corrected chi connectivity index (χ3v) is 4.40. The molecule has 0 N–H and O–H groups in total. The highest BCUT2D eigenvalue weighted by molar-refractivity contribution is 5.86. The molecule has 0 bridgehead atoms. The molecule has 0 fully saturated rings. The van der Waals surface area contributed by atoms with Gasteiger partial charge in [-0.05, 0) is 48.5 Å². The van der Waals surface area contributed by atoms with Gasteiger partial charge in [0, 0.05) is 47.4 Å². The molecular formula is C27H21NO6. The molecule has 170 valence electrons. The average molecular weight is 455 g/mol. The number of nitrogens with zero attached hydrogens (tertiary/aromatic N) is 1. The van der Waals surface area contributed by atoms with Gasteiger partial charge >= 0.3 is 17.9 Å². The molecule has 0 aliphatic rings. The standard InChI is InChI=1S/C27H21NO6/c1-4-25(29)32-22-15-13-19(14-16-22)28(20-9-7-11-23(17-20)33-26(30)5-2)21-10-8-12-24(18-21)34-27(31)6-3/h4-18H,1-3H2. The van der Waals surface area contributed by atoms with Crippen LogP contribution in [0.5, 0.6) is 17.2 Å². The summed E-state index contributed by atoms with van der Waals surface area (Å²) in [7, 11) is 0. The van der Waals surface area contributed by atoms with Gasteiger partial charge in [0.15, 0.2) is 0 Å². The van der Waals surface area contributed by atoms with Gasteiger partial charge in [0.2, 0.25) is 0 Å². The summed E-state index contributed by atoms with van der Waals surface area (Å²) in [4.78, 5) is 36.7. The lowest BCUT2D eigenvalue weighted by Crippen LogP contribution is -2.11. The molecule has 0 spiro atoms. The van der Waals surface area contributed by atoms with Crippen LogP contribution in [0, 0.1) is 0 Å². The van der Waals surface area contributed by atoms with Gasteiger partial charge in [-0.25, -0.2) is 14.4 Å². The van der Waals surface area contributed by atoms with Crippen molar-refractivity contribution in [1.82, 2.24) is 0 Å². The van der Waals surface area contributed by atoms with Crippen molar-refractivity contribution in [2.24, 2.45) is 0 Å².